The number of carbonyl (C=O) groups is 1. The minimum absolute atomic E-state index is 0.0659. The van der Waals surface area contributed by atoms with Crippen LogP contribution in [0.2, 0.25) is 0 Å². The number of carbonyl (C=O) groups excluding carboxylic acids is 1. The predicted molar refractivity (Wildman–Crippen MR) is 144 cm³/mol. The van der Waals surface area contributed by atoms with Gasteiger partial charge in [-0.15, -0.1) is 0 Å². The minimum atomic E-state index is -3.83. The van der Waals surface area contributed by atoms with E-state index in [4.69, 9.17) is 9.47 Å². The second kappa shape index (κ2) is 11.0. The third kappa shape index (κ3) is 5.47. The zero-order valence-corrected chi connectivity index (χ0v) is 22.9. The van der Waals surface area contributed by atoms with Gasteiger partial charge in [-0.3, -0.25) is 9.10 Å². The highest BCUT2D eigenvalue weighted by Crippen LogP contribution is 2.31. The maximum atomic E-state index is 13.0. The van der Waals surface area contributed by atoms with E-state index in [0.29, 0.717) is 30.3 Å². The summed E-state index contributed by atoms with van der Waals surface area (Å²) in [7, 11) is -3.18. The van der Waals surface area contributed by atoms with Gasteiger partial charge in [0.2, 0.25) is 10.0 Å². The van der Waals surface area contributed by atoms with E-state index >= 15 is 0 Å². The third-order valence-electron chi connectivity index (χ3n) is 6.33. The molecule has 0 radical (unpaired) electrons. The van der Waals surface area contributed by atoms with E-state index in [-0.39, 0.29) is 21.0 Å². The first-order valence-corrected chi connectivity index (χ1v) is 14.7. The van der Waals surface area contributed by atoms with Crippen LogP contribution >= 0.6 is 0 Å². The van der Waals surface area contributed by atoms with Crippen molar-refractivity contribution in [2.45, 2.75) is 22.6 Å². The molecule has 4 rings (SSSR count). The third-order valence-corrected chi connectivity index (χ3v) is 10.0. The molecule has 0 spiro atoms. The van der Waals surface area contributed by atoms with Gasteiger partial charge in [0, 0.05) is 25.7 Å². The lowest BCUT2D eigenvalue weighted by atomic mass is 10.2. The fourth-order valence-electron chi connectivity index (χ4n) is 4.08. The topological polar surface area (TPSA) is 122 Å². The van der Waals surface area contributed by atoms with E-state index in [1.54, 1.807) is 12.1 Å². The normalized spacial score (nSPS) is 14.2. The molecule has 1 saturated heterocycles. The van der Waals surface area contributed by atoms with Crippen molar-refractivity contribution in [2.24, 2.45) is 0 Å². The lowest BCUT2D eigenvalue weighted by Crippen LogP contribution is -2.28. The number of hydrogen-bond acceptors (Lipinski definition) is 7. The lowest BCUT2D eigenvalue weighted by Gasteiger charge is -2.20. The Morgan fingerprint density at radius 1 is 0.842 bits per heavy atom. The standard InChI is InChI=1S/C26H29N3O7S2/c1-28(37(31,32)22-12-10-21(35-2)11-13-22)20-8-6-19(7-9-20)26(30)27-24-18-23(14-15-25(24)36-3)38(33,34)29-16-4-5-17-29/h6-15,18H,4-5,16-17H2,1-3H3,(H,27,30). The monoisotopic (exact) mass is 559 g/mol. The summed E-state index contributed by atoms with van der Waals surface area (Å²) in [6.07, 6.45) is 1.62. The smallest absolute Gasteiger partial charge is 0.264 e. The molecular formula is C26H29N3O7S2. The Kier molecular flexibility index (Phi) is 7.95. The number of ether oxygens (including phenoxy) is 2. The predicted octanol–water partition coefficient (Wildman–Crippen LogP) is 3.57. The van der Waals surface area contributed by atoms with Crippen LogP contribution in [0.5, 0.6) is 11.5 Å². The molecule has 1 N–H and O–H groups in total. The number of hydrogen-bond donors (Lipinski definition) is 1. The molecule has 10 nitrogen and oxygen atoms in total. The maximum Gasteiger partial charge on any atom is 0.264 e. The molecule has 202 valence electrons. The first kappa shape index (κ1) is 27.4. The van der Waals surface area contributed by atoms with Crippen LogP contribution in [0.25, 0.3) is 0 Å². The van der Waals surface area contributed by atoms with Crippen LogP contribution in [0.1, 0.15) is 23.2 Å². The van der Waals surface area contributed by atoms with Crippen LogP contribution in [-0.2, 0) is 20.0 Å². The molecule has 1 aliphatic heterocycles. The quantitative estimate of drug-likeness (QED) is 0.425. The minimum Gasteiger partial charge on any atom is -0.497 e. The zero-order valence-electron chi connectivity index (χ0n) is 21.2. The van der Waals surface area contributed by atoms with Crippen molar-refractivity contribution in [3.8, 4) is 11.5 Å². The van der Waals surface area contributed by atoms with Crippen molar-refractivity contribution in [2.75, 3.05) is 44.0 Å². The van der Waals surface area contributed by atoms with E-state index in [0.717, 1.165) is 17.1 Å². The highest BCUT2D eigenvalue weighted by atomic mass is 32.2. The van der Waals surface area contributed by atoms with Gasteiger partial charge in [0.1, 0.15) is 11.5 Å². The molecule has 0 saturated carbocycles. The molecule has 12 heteroatoms. The largest absolute Gasteiger partial charge is 0.497 e. The highest BCUT2D eigenvalue weighted by Gasteiger charge is 2.28. The van der Waals surface area contributed by atoms with E-state index in [2.05, 4.69) is 5.32 Å². The van der Waals surface area contributed by atoms with Crippen molar-refractivity contribution >= 4 is 37.3 Å². The van der Waals surface area contributed by atoms with Crippen molar-refractivity contribution in [3.63, 3.8) is 0 Å². The van der Waals surface area contributed by atoms with Crippen LogP contribution in [-0.4, -0.2) is 61.4 Å². The van der Waals surface area contributed by atoms with Crippen LogP contribution < -0.4 is 19.1 Å². The molecule has 3 aromatic carbocycles. The van der Waals surface area contributed by atoms with Gasteiger partial charge in [0.25, 0.3) is 15.9 Å². The highest BCUT2D eigenvalue weighted by molar-refractivity contribution is 7.92. The van der Waals surface area contributed by atoms with Gasteiger partial charge in [-0.2, -0.15) is 4.31 Å². The van der Waals surface area contributed by atoms with Gasteiger partial charge in [-0.25, -0.2) is 16.8 Å². The molecule has 1 heterocycles. The number of rotatable bonds is 9. The SMILES string of the molecule is COc1ccc(S(=O)(=O)N(C)c2ccc(C(=O)Nc3cc(S(=O)(=O)N4CCCC4)ccc3OC)cc2)cc1. The summed E-state index contributed by atoms with van der Waals surface area (Å²) in [4.78, 5) is 13.2. The lowest BCUT2D eigenvalue weighted by molar-refractivity contribution is 0.102. The molecule has 3 aromatic rings. The second-order valence-electron chi connectivity index (χ2n) is 8.62. The average Bonchev–Trinajstić information content (AvgIpc) is 3.49. The maximum absolute atomic E-state index is 13.0. The molecule has 0 aliphatic carbocycles. The van der Waals surface area contributed by atoms with Gasteiger partial charge >= 0.3 is 0 Å². The molecular weight excluding hydrogens is 530 g/mol. The Labute approximate surface area is 222 Å². The summed E-state index contributed by atoms with van der Waals surface area (Å²) in [5.41, 5.74) is 0.813. The van der Waals surface area contributed by atoms with Crippen LogP contribution in [0, 0.1) is 0 Å². The van der Waals surface area contributed by atoms with Gasteiger partial charge in [0.05, 0.1) is 35.4 Å². The number of nitrogens with one attached hydrogen (secondary N) is 1. The van der Waals surface area contributed by atoms with Crippen LogP contribution in [0.3, 0.4) is 0 Å². The summed E-state index contributed by atoms with van der Waals surface area (Å²) < 4.78 is 64.9. The number of anilines is 2. The summed E-state index contributed by atoms with van der Waals surface area (Å²) in [5.74, 6) is 0.338. The molecule has 1 fully saturated rings. The molecule has 1 aliphatic rings. The van der Waals surface area contributed by atoms with E-state index in [9.17, 15) is 21.6 Å². The van der Waals surface area contributed by atoms with Crippen LogP contribution in [0.15, 0.2) is 76.5 Å². The molecule has 0 bridgehead atoms. The van der Waals surface area contributed by atoms with Gasteiger partial charge in [-0.1, -0.05) is 0 Å². The average molecular weight is 560 g/mol. The van der Waals surface area contributed by atoms with Gasteiger partial charge < -0.3 is 14.8 Å². The summed E-state index contributed by atoms with van der Waals surface area (Å²) in [6.45, 7) is 0.927. The van der Waals surface area contributed by atoms with E-state index in [1.807, 2.05) is 0 Å². The summed E-state index contributed by atoms with van der Waals surface area (Å²) >= 11 is 0. The van der Waals surface area contributed by atoms with Crippen molar-refractivity contribution in [3.05, 3.63) is 72.3 Å². The fourth-order valence-corrected chi connectivity index (χ4v) is 6.82. The molecule has 0 unspecified atom stereocenters. The molecule has 38 heavy (non-hydrogen) atoms. The Hall–Kier alpha value is -3.61. The van der Waals surface area contributed by atoms with Crippen molar-refractivity contribution < 1.29 is 31.1 Å². The molecule has 1 amide bonds. The summed E-state index contributed by atoms with van der Waals surface area (Å²) in [5, 5.41) is 2.71. The van der Waals surface area contributed by atoms with E-state index in [1.165, 1.54) is 80.2 Å². The van der Waals surface area contributed by atoms with E-state index < -0.39 is 26.0 Å². The van der Waals surface area contributed by atoms with Gasteiger partial charge in [0.15, 0.2) is 0 Å². The first-order chi connectivity index (χ1) is 18.1. The number of methoxy groups -OCH3 is 2. The Morgan fingerprint density at radius 3 is 2.03 bits per heavy atom. The Balaban J connectivity index is 1.53. The van der Waals surface area contributed by atoms with Crippen molar-refractivity contribution in [1.29, 1.82) is 0 Å². The molecule has 0 atom stereocenters. The van der Waals surface area contributed by atoms with Crippen molar-refractivity contribution in [1.82, 2.24) is 4.31 Å². The zero-order chi connectivity index (χ0) is 27.5. The van der Waals surface area contributed by atoms with Gasteiger partial charge in [-0.05, 0) is 79.6 Å². The Morgan fingerprint density at radius 2 is 1.45 bits per heavy atom. The Bertz CT molecular complexity index is 1520. The first-order valence-electron chi connectivity index (χ1n) is 11.8. The number of sulfonamides is 2. The summed E-state index contributed by atoms with van der Waals surface area (Å²) in [6, 6.07) is 16.4. The number of nitrogens with zero attached hydrogens (tertiary/aromatic N) is 2. The van der Waals surface area contributed by atoms with Crippen LogP contribution in [0.4, 0.5) is 11.4 Å². The number of benzene rings is 3. The molecule has 0 aromatic heterocycles. The fraction of sp³-hybridized carbons (Fsp3) is 0.269. The number of amides is 1. The second-order valence-corrected chi connectivity index (χ2v) is 12.5.